The quantitative estimate of drug-likeness (QED) is 0.874. The van der Waals surface area contributed by atoms with Gasteiger partial charge in [-0.25, -0.2) is 4.39 Å². The van der Waals surface area contributed by atoms with Gasteiger partial charge in [0.05, 0.1) is 12.7 Å². The number of rotatable bonds is 4. The summed E-state index contributed by atoms with van der Waals surface area (Å²) < 4.78 is 18.8. The standard InChI is InChI=1S/C18H25FN2O3/c19-15-4-2-14(3-5-15)12-24-16-6-10-21(11-7-16)17(22)18(23)8-1-9-20-13-18/h2-5,16,20,23H,1,6-13H2. The third-order valence-electron chi connectivity index (χ3n) is 4.89. The number of aliphatic hydroxyl groups is 1. The summed E-state index contributed by atoms with van der Waals surface area (Å²) in [5.74, 6) is -0.410. The van der Waals surface area contributed by atoms with E-state index < -0.39 is 5.60 Å². The Kier molecular flexibility index (Phi) is 5.48. The number of hydrogen-bond donors (Lipinski definition) is 2. The van der Waals surface area contributed by atoms with Crippen LogP contribution in [0.1, 0.15) is 31.2 Å². The maximum absolute atomic E-state index is 12.9. The number of hydrogen-bond acceptors (Lipinski definition) is 4. The normalized spacial score (nSPS) is 25.7. The van der Waals surface area contributed by atoms with E-state index in [1.807, 2.05) is 0 Å². The summed E-state index contributed by atoms with van der Waals surface area (Å²) in [5, 5.41) is 13.6. The summed E-state index contributed by atoms with van der Waals surface area (Å²) in [6.45, 7) is 2.86. The van der Waals surface area contributed by atoms with Gasteiger partial charge in [-0.1, -0.05) is 12.1 Å². The second-order valence-corrected chi connectivity index (χ2v) is 6.74. The number of halogens is 1. The summed E-state index contributed by atoms with van der Waals surface area (Å²) in [7, 11) is 0. The van der Waals surface area contributed by atoms with Crippen molar-refractivity contribution in [1.29, 1.82) is 0 Å². The molecule has 5 nitrogen and oxygen atoms in total. The minimum absolute atomic E-state index is 0.0956. The van der Waals surface area contributed by atoms with Gasteiger partial charge in [0.1, 0.15) is 5.82 Å². The fourth-order valence-corrected chi connectivity index (χ4v) is 3.39. The minimum atomic E-state index is -1.25. The lowest BCUT2D eigenvalue weighted by Gasteiger charge is -2.39. The van der Waals surface area contributed by atoms with Gasteiger partial charge in [0.15, 0.2) is 5.60 Å². The third kappa shape index (κ3) is 4.12. The van der Waals surface area contributed by atoms with Crippen LogP contribution in [-0.2, 0) is 16.1 Å². The lowest BCUT2D eigenvalue weighted by Crippen LogP contribution is -2.58. The Morgan fingerprint density at radius 3 is 2.67 bits per heavy atom. The monoisotopic (exact) mass is 336 g/mol. The second-order valence-electron chi connectivity index (χ2n) is 6.74. The zero-order chi connectivity index (χ0) is 17.0. The van der Waals surface area contributed by atoms with Crippen LogP contribution in [0.3, 0.4) is 0 Å². The van der Waals surface area contributed by atoms with Crippen molar-refractivity contribution in [3.63, 3.8) is 0 Å². The SMILES string of the molecule is O=C(N1CCC(OCc2ccc(F)cc2)CC1)C1(O)CCCNC1. The summed E-state index contributed by atoms with van der Waals surface area (Å²) in [5.41, 5.74) is -0.308. The average Bonchev–Trinajstić information content (AvgIpc) is 2.62. The highest BCUT2D eigenvalue weighted by Gasteiger charge is 2.41. The van der Waals surface area contributed by atoms with Crippen molar-refractivity contribution in [3.8, 4) is 0 Å². The van der Waals surface area contributed by atoms with E-state index in [9.17, 15) is 14.3 Å². The van der Waals surface area contributed by atoms with Crippen LogP contribution in [0.15, 0.2) is 24.3 Å². The highest BCUT2D eigenvalue weighted by atomic mass is 19.1. The zero-order valence-electron chi connectivity index (χ0n) is 13.8. The number of nitrogens with one attached hydrogen (secondary N) is 1. The Hall–Kier alpha value is -1.50. The Morgan fingerprint density at radius 1 is 1.33 bits per heavy atom. The minimum Gasteiger partial charge on any atom is -0.379 e. The first-order valence-electron chi connectivity index (χ1n) is 8.65. The average molecular weight is 336 g/mol. The fraction of sp³-hybridized carbons (Fsp3) is 0.611. The van der Waals surface area contributed by atoms with Crippen LogP contribution in [0.4, 0.5) is 4.39 Å². The number of ether oxygens (including phenoxy) is 1. The van der Waals surface area contributed by atoms with Crippen molar-refractivity contribution in [3.05, 3.63) is 35.6 Å². The molecule has 1 amide bonds. The van der Waals surface area contributed by atoms with Gasteiger partial charge in [0, 0.05) is 19.6 Å². The predicted molar refractivity (Wildman–Crippen MR) is 87.8 cm³/mol. The molecule has 1 atom stereocenters. The van der Waals surface area contributed by atoms with Crippen molar-refractivity contribution in [2.45, 2.75) is 44.0 Å². The van der Waals surface area contributed by atoms with Crippen molar-refractivity contribution >= 4 is 5.91 Å². The van der Waals surface area contributed by atoms with E-state index in [0.717, 1.165) is 31.4 Å². The molecule has 3 rings (SSSR count). The van der Waals surface area contributed by atoms with E-state index in [4.69, 9.17) is 4.74 Å². The van der Waals surface area contributed by atoms with E-state index >= 15 is 0 Å². The van der Waals surface area contributed by atoms with E-state index in [0.29, 0.717) is 32.7 Å². The van der Waals surface area contributed by atoms with Gasteiger partial charge in [0.2, 0.25) is 0 Å². The van der Waals surface area contributed by atoms with Crippen molar-refractivity contribution in [1.82, 2.24) is 10.2 Å². The molecule has 0 saturated carbocycles. The molecular formula is C18H25FN2O3. The Labute approximate surface area is 141 Å². The summed E-state index contributed by atoms with van der Waals surface area (Å²) in [6.07, 6.45) is 2.96. The molecule has 2 N–H and O–H groups in total. The molecule has 1 unspecified atom stereocenters. The van der Waals surface area contributed by atoms with E-state index in [-0.39, 0.29) is 17.8 Å². The molecule has 132 valence electrons. The first kappa shape index (κ1) is 17.3. The van der Waals surface area contributed by atoms with Crippen LogP contribution in [-0.4, -0.2) is 53.8 Å². The molecule has 0 bridgehead atoms. The fourth-order valence-electron chi connectivity index (χ4n) is 3.39. The van der Waals surface area contributed by atoms with Crippen molar-refractivity contribution in [2.75, 3.05) is 26.2 Å². The largest absolute Gasteiger partial charge is 0.379 e. The molecule has 2 heterocycles. The highest BCUT2D eigenvalue weighted by Crippen LogP contribution is 2.23. The molecule has 1 aromatic carbocycles. The Bertz CT molecular complexity index is 550. The number of benzene rings is 1. The summed E-state index contributed by atoms with van der Waals surface area (Å²) >= 11 is 0. The summed E-state index contributed by atoms with van der Waals surface area (Å²) in [4.78, 5) is 14.3. The Balaban J connectivity index is 1.45. The number of β-amino-alcohol motifs (C(OH)–C–C–N with tert-alkyl or cyclic N) is 1. The number of nitrogens with zero attached hydrogens (tertiary/aromatic N) is 1. The van der Waals surface area contributed by atoms with Gasteiger partial charge in [-0.2, -0.15) is 0 Å². The van der Waals surface area contributed by atoms with Gasteiger partial charge in [0.25, 0.3) is 5.91 Å². The maximum Gasteiger partial charge on any atom is 0.255 e. The zero-order valence-corrected chi connectivity index (χ0v) is 13.8. The molecule has 0 aromatic heterocycles. The number of carbonyl (C=O) groups is 1. The van der Waals surface area contributed by atoms with Gasteiger partial charge < -0.3 is 20.1 Å². The van der Waals surface area contributed by atoms with Gasteiger partial charge in [-0.15, -0.1) is 0 Å². The molecule has 0 spiro atoms. The molecule has 6 heteroatoms. The molecule has 2 aliphatic rings. The molecule has 2 aliphatic heterocycles. The van der Waals surface area contributed by atoms with Crippen LogP contribution in [0.2, 0.25) is 0 Å². The lowest BCUT2D eigenvalue weighted by molar-refractivity contribution is -0.155. The maximum atomic E-state index is 12.9. The number of carbonyl (C=O) groups excluding carboxylic acids is 1. The smallest absolute Gasteiger partial charge is 0.255 e. The van der Waals surface area contributed by atoms with Crippen molar-refractivity contribution < 1.29 is 19.0 Å². The molecule has 24 heavy (non-hydrogen) atoms. The molecule has 0 radical (unpaired) electrons. The van der Waals surface area contributed by atoms with E-state index in [1.165, 1.54) is 12.1 Å². The molecule has 2 saturated heterocycles. The van der Waals surface area contributed by atoms with Gasteiger partial charge in [-0.3, -0.25) is 4.79 Å². The van der Waals surface area contributed by atoms with Crippen LogP contribution >= 0.6 is 0 Å². The highest BCUT2D eigenvalue weighted by molar-refractivity contribution is 5.85. The number of amides is 1. The predicted octanol–water partition coefficient (Wildman–Crippen LogP) is 1.45. The second kappa shape index (κ2) is 7.59. The molecular weight excluding hydrogens is 311 g/mol. The van der Waals surface area contributed by atoms with Crippen LogP contribution in [0.5, 0.6) is 0 Å². The third-order valence-corrected chi connectivity index (χ3v) is 4.89. The number of piperidine rings is 2. The first-order chi connectivity index (χ1) is 11.6. The Morgan fingerprint density at radius 2 is 2.04 bits per heavy atom. The van der Waals surface area contributed by atoms with E-state index in [1.54, 1.807) is 17.0 Å². The number of likely N-dealkylation sites (tertiary alicyclic amines) is 1. The van der Waals surface area contributed by atoms with Crippen LogP contribution in [0.25, 0.3) is 0 Å². The van der Waals surface area contributed by atoms with Gasteiger partial charge >= 0.3 is 0 Å². The lowest BCUT2D eigenvalue weighted by atomic mass is 9.91. The topological polar surface area (TPSA) is 61.8 Å². The van der Waals surface area contributed by atoms with Crippen LogP contribution < -0.4 is 5.32 Å². The first-order valence-corrected chi connectivity index (χ1v) is 8.65. The van der Waals surface area contributed by atoms with Gasteiger partial charge in [-0.05, 0) is 49.9 Å². The molecule has 1 aromatic rings. The summed E-state index contributed by atoms with van der Waals surface area (Å²) in [6, 6.07) is 6.30. The molecule has 0 aliphatic carbocycles. The van der Waals surface area contributed by atoms with Crippen molar-refractivity contribution in [2.24, 2.45) is 0 Å². The molecule has 2 fully saturated rings. The van der Waals surface area contributed by atoms with Crippen LogP contribution in [0, 0.1) is 5.82 Å². The van der Waals surface area contributed by atoms with E-state index in [2.05, 4.69) is 5.32 Å².